The summed E-state index contributed by atoms with van der Waals surface area (Å²) in [5, 5.41) is 0. The summed E-state index contributed by atoms with van der Waals surface area (Å²) >= 11 is 0. The number of unbranched alkanes of at least 4 members (excludes halogenated alkanes) is 9. The lowest BCUT2D eigenvalue weighted by molar-refractivity contribution is 0.632. The van der Waals surface area contributed by atoms with Gasteiger partial charge in [0.15, 0.2) is 0 Å². The highest BCUT2D eigenvalue weighted by molar-refractivity contribution is 5.46. The van der Waals surface area contributed by atoms with Crippen LogP contribution < -0.4 is 0 Å². The number of rotatable bonds is 11. The standard InChI is InChI=1S/C30H38/c1-3-5-7-9-10-12-14-16-28-19-23-30(24-20-28)26-25-29-21-17-27(18-22-29)15-13-11-8-6-4-2/h17-24H,3-13,15H2,1-2H3. The van der Waals surface area contributed by atoms with Crippen molar-refractivity contribution in [1.82, 2.24) is 0 Å². The van der Waals surface area contributed by atoms with Gasteiger partial charge in [-0.25, -0.2) is 0 Å². The number of benzene rings is 2. The first-order valence-electron chi connectivity index (χ1n) is 12.0. The average molecular weight is 399 g/mol. The maximum Gasteiger partial charge on any atom is 0.0249 e. The lowest BCUT2D eigenvalue weighted by Crippen LogP contribution is -1.86. The summed E-state index contributed by atoms with van der Waals surface area (Å²) in [6, 6.07) is 17.1. The Balaban J connectivity index is 1.77. The Bertz CT molecular complexity index is 816. The average Bonchev–Trinajstić information content (AvgIpc) is 2.78. The predicted molar refractivity (Wildman–Crippen MR) is 132 cm³/mol. The molecule has 0 saturated heterocycles. The smallest absolute Gasteiger partial charge is 0.0249 e. The molecule has 0 unspecified atom stereocenters. The van der Waals surface area contributed by atoms with E-state index in [-0.39, 0.29) is 0 Å². The van der Waals surface area contributed by atoms with E-state index in [0.29, 0.717) is 0 Å². The van der Waals surface area contributed by atoms with Crippen molar-refractivity contribution in [3.05, 3.63) is 70.8 Å². The van der Waals surface area contributed by atoms with Crippen LogP contribution in [-0.4, -0.2) is 0 Å². The van der Waals surface area contributed by atoms with Gasteiger partial charge < -0.3 is 0 Å². The van der Waals surface area contributed by atoms with Gasteiger partial charge in [-0.3, -0.25) is 0 Å². The van der Waals surface area contributed by atoms with Crippen molar-refractivity contribution < 1.29 is 0 Å². The highest BCUT2D eigenvalue weighted by Gasteiger charge is 1.95. The molecule has 0 N–H and O–H groups in total. The molecule has 0 aliphatic rings. The number of hydrogen-bond donors (Lipinski definition) is 0. The summed E-state index contributed by atoms with van der Waals surface area (Å²) in [5.74, 6) is 13.1. The monoisotopic (exact) mass is 398 g/mol. The van der Waals surface area contributed by atoms with E-state index in [1.807, 2.05) is 0 Å². The van der Waals surface area contributed by atoms with Gasteiger partial charge in [-0.05, 0) is 61.2 Å². The van der Waals surface area contributed by atoms with Crippen LogP contribution in [0.2, 0.25) is 0 Å². The second kappa shape index (κ2) is 15.4. The first kappa shape index (κ1) is 23.8. The lowest BCUT2D eigenvalue weighted by Gasteiger charge is -2.01. The van der Waals surface area contributed by atoms with E-state index in [1.165, 1.54) is 76.2 Å². The first-order valence-corrected chi connectivity index (χ1v) is 12.0. The van der Waals surface area contributed by atoms with Crippen LogP contribution in [0.15, 0.2) is 48.5 Å². The second-order valence-corrected chi connectivity index (χ2v) is 8.15. The van der Waals surface area contributed by atoms with Crippen LogP contribution in [0.4, 0.5) is 0 Å². The number of aryl methyl sites for hydroxylation is 1. The van der Waals surface area contributed by atoms with Gasteiger partial charge >= 0.3 is 0 Å². The van der Waals surface area contributed by atoms with Crippen molar-refractivity contribution >= 4 is 0 Å². The van der Waals surface area contributed by atoms with Crippen LogP contribution in [0.1, 0.15) is 107 Å². The van der Waals surface area contributed by atoms with Crippen LogP contribution in [0.5, 0.6) is 0 Å². The van der Waals surface area contributed by atoms with E-state index < -0.39 is 0 Å². The molecule has 30 heavy (non-hydrogen) atoms. The Morgan fingerprint density at radius 1 is 0.500 bits per heavy atom. The molecule has 0 radical (unpaired) electrons. The molecule has 0 heteroatoms. The Labute approximate surface area is 185 Å². The van der Waals surface area contributed by atoms with Crippen molar-refractivity contribution in [3.63, 3.8) is 0 Å². The van der Waals surface area contributed by atoms with Gasteiger partial charge in [0, 0.05) is 23.1 Å². The lowest BCUT2D eigenvalue weighted by atomic mass is 10.0. The van der Waals surface area contributed by atoms with Gasteiger partial charge in [-0.2, -0.15) is 0 Å². The zero-order valence-corrected chi connectivity index (χ0v) is 19.1. The molecule has 2 aromatic rings. The SMILES string of the molecule is CCCCCCCC#Cc1ccc(C#Cc2ccc(CCCCCCC)cc2)cc1. The largest absolute Gasteiger partial charge is 0.0979 e. The summed E-state index contributed by atoms with van der Waals surface area (Å²) in [6.07, 6.45) is 15.4. The zero-order chi connectivity index (χ0) is 21.3. The first-order chi connectivity index (χ1) is 14.8. The Hall–Kier alpha value is -2.44. The highest BCUT2D eigenvalue weighted by atomic mass is 14.0. The van der Waals surface area contributed by atoms with Crippen LogP contribution in [0.25, 0.3) is 0 Å². The minimum absolute atomic E-state index is 1.00. The molecule has 0 atom stereocenters. The second-order valence-electron chi connectivity index (χ2n) is 8.15. The third kappa shape index (κ3) is 10.4. The summed E-state index contributed by atoms with van der Waals surface area (Å²) in [4.78, 5) is 0. The third-order valence-corrected chi connectivity index (χ3v) is 5.40. The van der Waals surface area contributed by atoms with E-state index in [4.69, 9.17) is 0 Å². The van der Waals surface area contributed by atoms with Crippen molar-refractivity contribution in [2.75, 3.05) is 0 Å². The van der Waals surface area contributed by atoms with E-state index in [9.17, 15) is 0 Å². The normalized spacial score (nSPS) is 10.1. The van der Waals surface area contributed by atoms with Gasteiger partial charge in [0.1, 0.15) is 0 Å². The van der Waals surface area contributed by atoms with Gasteiger partial charge in [0.2, 0.25) is 0 Å². The molecule has 158 valence electrons. The quantitative estimate of drug-likeness (QED) is 0.264. The zero-order valence-electron chi connectivity index (χ0n) is 19.1. The fourth-order valence-corrected chi connectivity index (χ4v) is 3.45. The van der Waals surface area contributed by atoms with E-state index in [0.717, 1.165) is 23.1 Å². The molecule has 2 rings (SSSR count). The molecular formula is C30H38. The van der Waals surface area contributed by atoms with Crippen molar-refractivity contribution in [3.8, 4) is 23.7 Å². The molecule has 0 spiro atoms. The van der Waals surface area contributed by atoms with E-state index >= 15 is 0 Å². The molecule has 0 aliphatic carbocycles. The summed E-state index contributed by atoms with van der Waals surface area (Å²) in [6.45, 7) is 4.51. The summed E-state index contributed by atoms with van der Waals surface area (Å²) < 4.78 is 0. The molecule has 0 aliphatic heterocycles. The molecule has 0 amide bonds. The Morgan fingerprint density at radius 3 is 1.53 bits per heavy atom. The molecule has 0 nitrogen and oxygen atoms in total. The van der Waals surface area contributed by atoms with E-state index in [1.54, 1.807) is 0 Å². The predicted octanol–water partition coefficient (Wildman–Crippen LogP) is 8.31. The molecule has 0 fully saturated rings. The molecule has 0 aromatic heterocycles. The van der Waals surface area contributed by atoms with Gasteiger partial charge in [-0.15, -0.1) is 0 Å². The minimum Gasteiger partial charge on any atom is -0.0979 e. The van der Waals surface area contributed by atoms with Crippen molar-refractivity contribution in [2.45, 2.75) is 90.9 Å². The molecule has 2 aromatic carbocycles. The van der Waals surface area contributed by atoms with Crippen LogP contribution in [-0.2, 0) is 6.42 Å². The van der Waals surface area contributed by atoms with Crippen LogP contribution in [0, 0.1) is 23.7 Å². The van der Waals surface area contributed by atoms with Crippen LogP contribution in [0.3, 0.4) is 0 Å². The Kier molecular flexibility index (Phi) is 12.2. The molecular weight excluding hydrogens is 360 g/mol. The molecule has 0 saturated carbocycles. The number of hydrogen-bond acceptors (Lipinski definition) is 0. The van der Waals surface area contributed by atoms with Crippen molar-refractivity contribution in [2.24, 2.45) is 0 Å². The topological polar surface area (TPSA) is 0 Å². The van der Waals surface area contributed by atoms with E-state index in [2.05, 4.69) is 86.1 Å². The maximum atomic E-state index is 3.30. The molecule has 0 heterocycles. The van der Waals surface area contributed by atoms with Gasteiger partial charge in [0.25, 0.3) is 0 Å². The fourth-order valence-electron chi connectivity index (χ4n) is 3.45. The molecule has 0 bridgehead atoms. The Morgan fingerprint density at radius 2 is 0.967 bits per heavy atom. The maximum absolute atomic E-state index is 3.30. The minimum atomic E-state index is 1.00. The highest BCUT2D eigenvalue weighted by Crippen LogP contribution is 2.11. The van der Waals surface area contributed by atoms with Gasteiger partial charge in [-0.1, -0.05) is 101 Å². The van der Waals surface area contributed by atoms with Crippen molar-refractivity contribution in [1.29, 1.82) is 0 Å². The van der Waals surface area contributed by atoms with Gasteiger partial charge in [0.05, 0.1) is 0 Å². The summed E-state index contributed by atoms with van der Waals surface area (Å²) in [7, 11) is 0. The fraction of sp³-hybridized carbons (Fsp3) is 0.467. The summed E-state index contributed by atoms with van der Waals surface area (Å²) in [5.41, 5.74) is 4.62. The van der Waals surface area contributed by atoms with Crippen LogP contribution >= 0.6 is 0 Å². The third-order valence-electron chi connectivity index (χ3n) is 5.40.